The highest BCUT2D eigenvalue weighted by Gasteiger charge is 2.43. The van der Waals surface area contributed by atoms with Gasteiger partial charge >= 0.3 is 0 Å². The molecule has 0 saturated carbocycles. The second-order valence-electron chi connectivity index (χ2n) is 9.13. The molecule has 8 heteroatoms. The zero-order chi connectivity index (χ0) is 23.9. The first kappa shape index (κ1) is 24.3. The smallest absolute Gasteiger partial charge is 0.256 e. The molecule has 2 aliphatic rings. The van der Waals surface area contributed by atoms with E-state index in [1.165, 1.54) is 11.1 Å². The lowest BCUT2D eigenvalue weighted by Crippen LogP contribution is -2.53. The molecule has 0 bridgehead atoms. The van der Waals surface area contributed by atoms with Crippen molar-refractivity contribution in [2.75, 3.05) is 53.0 Å². The first-order valence-electron chi connectivity index (χ1n) is 12.1. The van der Waals surface area contributed by atoms with Gasteiger partial charge in [0.15, 0.2) is 0 Å². The van der Waals surface area contributed by atoms with Crippen molar-refractivity contribution in [3.05, 3.63) is 65.5 Å². The van der Waals surface area contributed by atoms with Crippen molar-refractivity contribution >= 4 is 11.8 Å². The number of nitrogens with one attached hydrogen (secondary N) is 1. The summed E-state index contributed by atoms with van der Waals surface area (Å²) >= 11 is 0. The molecule has 1 aromatic carbocycles. The summed E-state index contributed by atoms with van der Waals surface area (Å²) in [7, 11) is 1.70. The maximum Gasteiger partial charge on any atom is 0.256 e. The van der Waals surface area contributed by atoms with Crippen LogP contribution < -0.4 is 5.32 Å². The van der Waals surface area contributed by atoms with Crippen LogP contribution >= 0.6 is 0 Å². The van der Waals surface area contributed by atoms with E-state index in [4.69, 9.17) is 4.74 Å². The maximum atomic E-state index is 13.6. The van der Waals surface area contributed by atoms with Gasteiger partial charge in [0, 0.05) is 71.4 Å². The Balaban J connectivity index is 1.57. The lowest BCUT2D eigenvalue weighted by atomic mass is 10.1. The van der Waals surface area contributed by atoms with E-state index in [-0.39, 0.29) is 17.9 Å². The monoisotopic (exact) mass is 465 g/mol. The molecule has 8 nitrogen and oxygen atoms in total. The number of hydrogen-bond acceptors (Lipinski definition) is 6. The van der Waals surface area contributed by atoms with Crippen LogP contribution in [-0.4, -0.2) is 96.6 Å². The molecular weight excluding hydrogens is 430 g/mol. The largest absolute Gasteiger partial charge is 0.383 e. The van der Waals surface area contributed by atoms with E-state index in [0.717, 1.165) is 26.2 Å². The van der Waals surface area contributed by atoms with Gasteiger partial charge in [0.05, 0.1) is 12.2 Å². The lowest BCUT2D eigenvalue weighted by molar-refractivity contribution is -0.135. The third kappa shape index (κ3) is 5.81. The van der Waals surface area contributed by atoms with Gasteiger partial charge < -0.3 is 19.9 Å². The number of carbonyl (C=O) groups is 2. The first-order valence-corrected chi connectivity index (χ1v) is 12.1. The van der Waals surface area contributed by atoms with Crippen molar-refractivity contribution in [3.63, 3.8) is 0 Å². The summed E-state index contributed by atoms with van der Waals surface area (Å²) < 4.78 is 5.39. The van der Waals surface area contributed by atoms with E-state index in [1.54, 1.807) is 36.5 Å². The number of likely N-dealkylation sites (tertiary alicyclic amines) is 1. The van der Waals surface area contributed by atoms with E-state index in [9.17, 15) is 9.59 Å². The third-order valence-corrected chi connectivity index (χ3v) is 6.77. The van der Waals surface area contributed by atoms with Gasteiger partial charge in [-0.3, -0.25) is 19.5 Å². The summed E-state index contributed by atoms with van der Waals surface area (Å²) in [5.74, 6) is -0.0885. The van der Waals surface area contributed by atoms with E-state index >= 15 is 0 Å². The Morgan fingerprint density at radius 2 is 1.94 bits per heavy atom. The van der Waals surface area contributed by atoms with Crippen LogP contribution in [0.25, 0.3) is 0 Å². The molecule has 3 heterocycles. The van der Waals surface area contributed by atoms with Gasteiger partial charge in [-0.15, -0.1) is 0 Å². The van der Waals surface area contributed by atoms with E-state index < -0.39 is 6.04 Å². The molecule has 2 saturated heterocycles. The molecule has 2 unspecified atom stereocenters. The van der Waals surface area contributed by atoms with Crippen molar-refractivity contribution in [3.8, 4) is 0 Å². The Hall–Kier alpha value is -2.81. The van der Waals surface area contributed by atoms with Crippen LogP contribution in [-0.2, 0) is 16.1 Å². The van der Waals surface area contributed by atoms with E-state index in [1.807, 2.05) is 4.90 Å². The average Bonchev–Trinajstić information content (AvgIpc) is 3.33. The van der Waals surface area contributed by atoms with Crippen LogP contribution in [0.5, 0.6) is 0 Å². The van der Waals surface area contributed by atoms with Crippen LogP contribution in [0.2, 0.25) is 0 Å². The Kier molecular flexibility index (Phi) is 8.26. The number of piperazine rings is 1. The summed E-state index contributed by atoms with van der Waals surface area (Å²) in [4.78, 5) is 37.2. The summed E-state index contributed by atoms with van der Waals surface area (Å²) in [6.45, 7) is 7.57. The normalized spacial score (nSPS) is 20.7. The predicted octanol–water partition coefficient (Wildman–Crippen LogP) is 1.55. The van der Waals surface area contributed by atoms with Crippen LogP contribution in [0.1, 0.15) is 27.9 Å². The number of amides is 2. The highest BCUT2D eigenvalue weighted by molar-refractivity contribution is 5.97. The van der Waals surface area contributed by atoms with Crippen LogP contribution in [0, 0.1) is 6.92 Å². The minimum absolute atomic E-state index is 0.0447. The molecule has 1 aromatic heterocycles. The van der Waals surface area contributed by atoms with E-state index in [0.29, 0.717) is 38.2 Å². The average molecular weight is 466 g/mol. The molecule has 2 aromatic rings. The van der Waals surface area contributed by atoms with Gasteiger partial charge in [-0.25, -0.2) is 0 Å². The van der Waals surface area contributed by atoms with Crippen molar-refractivity contribution in [2.45, 2.75) is 32.0 Å². The molecule has 2 aliphatic heterocycles. The SMILES string of the molecule is COCCN(Cc1ccc(C)cc1)C1CC(C(=O)N2CCNCC2)N(C(=O)c2cccnc2)C1. The molecule has 0 radical (unpaired) electrons. The zero-order valence-electron chi connectivity index (χ0n) is 20.2. The minimum Gasteiger partial charge on any atom is -0.383 e. The number of aromatic nitrogens is 1. The molecule has 0 aliphatic carbocycles. The number of rotatable bonds is 8. The number of carbonyl (C=O) groups excluding carboxylic acids is 2. The van der Waals surface area contributed by atoms with Gasteiger partial charge in [-0.2, -0.15) is 0 Å². The topological polar surface area (TPSA) is 78.0 Å². The molecule has 4 rings (SSSR count). The molecule has 2 amide bonds. The fourth-order valence-electron chi connectivity index (χ4n) is 4.82. The van der Waals surface area contributed by atoms with Gasteiger partial charge in [0.25, 0.3) is 5.91 Å². The Bertz CT molecular complexity index is 947. The second kappa shape index (κ2) is 11.6. The molecular formula is C26H35N5O3. The second-order valence-corrected chi connectivity index (χ2v) is 9.13. The number of methoxy groups -OCH3 is 1. The van der Waals surface area contributed by atoms with Gasteiger partial charge in [-0.1, -0.05) is 29.8 Å². The Labute approximate surface area is 201 Å². The van der Waals surface area contributed by atoms with Crippen molar-refractivity contribution in [2.24, 2.45) is 0 Å². The van der Waals surface area contributed by atoms with Gasteiger partial charge in [-0.05, 0) is 31.0 Å². The summed E-state index contributed by atoms with van der Waals surface area (Å²) in [6, 6.07) is 11.6. The number of nitrogens with zero attached hydrogens (tertiary/aromatic N) is 4. The number of aryl methyl sites for hydroxylation is 1. The van der Waals surface area contributed by atoms with Crippen molar-refractivity contribution < 1.29 is 14.3 Å². The Morgan fingerprint density at radius 1 is 1.18 bits per heavy atom. The standard InChI is InChI=1S/C26H35N5O3/c1-20-5-7-21(8-6-20)18-30(14-15-34-2)23-16-24(26(33)29-12-10-27-11-13-29)31(19-23)25(32)22-4-3-9-28-17-22/h3-9,17,23-24,27H,10-16,18-19H2,1-2H3. The minimum atomic E-state index is -0.473. The molecule has 2 fully saturated rings. The Morgan fingerprint density at radius 3 is 2.62 bits per heavy atom. The maximum absolute atomic E-state index is 13.6. The fraction of sp³-hybridized carbons (Fsp3) is 0.500. The summed E-state index contributed by atoms with van der Waals surface area (Å²) in [6.07, 6.45) is 3.85. The molecule has 1 N–H and O–H groups in total. The molecule has 34 heavy (non-hydrogen) atoms. The number of pyridine rings is 1. The number of hydrogen-bond donors (Lipinski definition) is 1. The number of benzene rings is 1. The van der Waals surface area contributed by atoms with Crippen LogP contribution in [0.15, 0.2) is 48.8 Å². The quantitative estimate of drug-likeness (QED) is 0.638. The molecule has 182 valence electrons. The fourth-order valence-corrected chi connectivity index (χ4v) is 4.82. The van der Waals surface area contributed by atoms with Crippen LogP contribution in [0.3, 0.4) is 0 Å². The molecule has 0 spiro atoms. The highest BCUT2D eigenvalue weighted by Crippen LogP contribution is 2.27. The highest BCUT2D eigenvalue weighted by atomic mass is 16.5. The third-order valence-electron chi connectivity index (χ3n) is 6.77. The molecule has 2 atom stereocenters. The van der Waals surface area contributed by atoms with Gasteiger partial charge in [0.1, 0.15) is 6.04 Å². The van der Waals surface area contributed by atoms with Crippen molar-refractivity contribution in [1.82, 2.24) is 25.0 Å². The van der Waals surface area contributed by atoms with Crippen LogP contribution in [0.4, 0.5) is 0 Å². The van der Waals surface area contributed by atoms with E-state index in [2.05, 4.69) is 46.4 Å². The zero-order valence-corrected chi connectivity index (χ0v) is 20.2. The summed E-state index contributed by atoms with van der Waals surface area (Å²) in [5, 5.41) is 3.30. The first-order chi connectivity index (χ1) is 16.6. The summed E-state index contributed by atoms with van der Waals surface area (Å²) in [5.41, 5.74) is 2.95. The van der Waals surface area contributed by atoms with Gasteiger partial charge in [0.2, 0.25) is 5.91 Å². The van der Waals surface area contributed by atoms with Crippen molar-refractivity contribution in [1.29, 1.82) is 0 Å². The lowest BCUT2D eigenvalue weighted by Gasteiger charge is -2.32. The number of ether oxygens (including phenoxy) is 1. The predicted molar refractivity (Wildman–Crippen MR) is 130 cm³/mol.